The summed E-state index contributed by atoms with van der Waals surface area (Å²) in [5.41, 5.74) is 2.23. The summed E-state index contributed by atoms with van der Waals surface area (Å²) in [5.74, 6) is -0.390. The summed E-state index contributed by atoms with van der Waals surface area (Å²) >= 11 is 0. The van der Waals surface area contributed by atoms with Gasteiger partial charge in [-0.25, -0.2) is 14.4 Å². The molecule has 8 nitrogen and oxygen atoms in total. The quantitative estimate of drug-likeness (QED) is 0.556. The highest BCUT2D eigenvalue weighted by Crippen LogP contribution is 2.26. The fourth-order valence-corrected chi connectivity index (χ4v) is 4.10. The molecule has 2 aromatic heterocycles. The molecule has 0 saturated heterocycles. The number of ether oxygens (including phenoxy) is 1. The van der Waals surface area contributed by atoms with Gasteiger partial charge in [0, 0.05) is 18.9 Å². The van der Waals surface area contributed by atoms with Crippen molar-refractivity contribution in [1.82, 2.24) is 25.2 Å². The number of aromatic nitrogens is 3. The van der Waals surface area contributed by atoms with E-state index in [9.17, 15) is 14.0 Å². The summed E-state index contributed by atoms with van der Waals surface area (Å²) in [7, 11) is 0. The smallest absolute Gasteiger partial charge is 0.268 e. The Hall–Kier alpha value is -3.59. The van der Waals surface area contributed by atoms with Crippen LogP contribution in [0.1, 0.15) is 70.8 Å². The molecule has 34 heavy (non-hydrogen) atoms. The zero-order chi connectivity index (χ0) is 24.2. The molecule has 0 fully saturated rings. The Labute approximate surface area is 197 Å². The number of amides is 2. The van der Waals surface area contributed by atoms with Gasteiger partial charge in [-0.2, -0.15) is 0 Å². The molecule has 178 valence electrons. The number of nitrogens with one attached hydrogen (secondary N) is 2. The van der Waals surface area contributed by atoms with Gasteiger partial charge in [0.25, 0.3) is 11.8 Å². The molecule has 3 aromatic rings. The Kier molecular flexibility index (Phi) is 7.02. The van der Waals surface area contributed by atoms with E-state index in [1.807, 2.05) is 18.4 Å². The van der Waals surface area contributed by atoms with Crippen molar-refractivity contribution in [3.63, 3.8) is 0 Å². The first-order valence-corrected chi connectivity index (χ1v) is 11.3. The van der Waals surface area contributed by atoms with Crippen LogP contribution in [0.15, 0.2) is 48.8 Å². The molecule has 1 aliphatic rings. The Morgan fingerprint density at radius 3 is 2.44 bits per heavy atom. The van der Waals surface area contributed by atoms with Gasteiger partial charge < -0.3 is 19.9 Å². The molecule has 0 unspecified atom stereocenters. The van der Waals surface area contributed by atoms with Gasteiger partial charge in [0.2, 0.25) is 0 Å². The molecule has 1 aliphatic heterocycles. The van der Waals surface area contributed by atoms with E-state index in [2.05, 4.69) is 20.6 Å². The summed E-state index contributed by atoms with van der Waals surface area (Å²) in [6.45, 7) is 6.92. The summed E-state index contributed by atoms with van der Waals surface area (Å²) in [5, 5.41) is 5.97. The lowest BCUT2D eigenvalue weighted by Crippen LogP contribution is -2.33. The third kappa shape index (κ3) is 4.99. The average molecular weight is 466 g/mol. The highest BCUT2D eigenvalue weighted by Gasteiger charge is 2.28. The molecule has 0 spiro atoms. The van der Waals surface area contributed by atoms with Gasteiger partial charge in [-0.15, -0.1) is 0 Å². The second-order valence-corrected chi connectivity index (χ2v) is 8.64. The Morgan fingerprint density at radius 1 is 1.06 bits per heavy atom. The summed E-state index contributed by atoms with van der Waals surface area (Å²) in [6.07, 6.45) is 3.24. The number of rotatable bonds is 7. The first-order chi connectivity index (χ1) is 16.3. The molecule has 0 bridgehead atoms. The van der Waals surface area contributed by atoms with Crippen LogP contribution in [0.5, 0.6) is 0 Å². The van der Waals surface area contributed by atoms with Crippen molar-refractivity contribution >= 4 is 11.8 Å². The van der Waals surface area contributed by atoms with Gasteiger partial charge >= 0.3 is 0 Å². The van der Waals surface area contributed by atoms with E-state index in [4.69, 9.17) is 4.74 Å². The molecular weight excluding hydrogens is 437 g/mol. The second kappa shape index (κ2) is 10.1. The molecule has 0 saturated carbocycles. The molecule has 3 heterocycles. The van der Waals surface area contributed by atoms with Crippen LogP contribution in [0.2, 0.25) is 0 Å². The number of hydrogen-bond donors (Lipinski definition) is 2. The van der Waals surface area contributed by atoms with Crippen molar-refractivity contribution in [3.05, 3.63) is 82.9 Å². The standard InChI is InChI=1S/C25H28FN5O3/c1-15(2)22(17-5-7-18(26)8-6-17)30-24(32)19-13-20(31-11-12-34-14-21(19)31)25(33)29-16(3)23-27-9-4-10-28-23/h4-10,13,15-16,22H,11-12,14H2,1-3H3,(H,29,33)(H,30,32)/t16-,22+/m0/s1. The van der Waals surface area contributed by atoms with Gasteiger partial charge in [0.05, 0.1) is 36.6 Å². The molecule has 2 amide bonds. The lowest BCUT2D eigenvalue weighted by Gasteiger charge is -2.24. The van der Waals surface area contributed by atoms with Crippen LogP contribution in [0.3, 0.4) is 0 Å². The van der Waals surface area contributed by atoms with Crippen molar-refractivity contribution in [2.75, 3.05) is 6.61 Å². The highest BCUT2D eigenvalue weighted by atomic mass is 19.1. The van der Waals surface area contributed by atoms with Gasteiger partial charge in [0.15, 0.2) is 0 Å². The van der Waals surface area contributed by atoms with Gasteiger partial charge in [-0.05, 0) is 42.7 Å². The van der Waals surface area contributed by atoms with E-state index in [1.54, 1.807) is 43.6 Å². The molecule has 0 radical (unpaired) electrons. The number of fused-ring (bicyclic) bond motifs is 1. The van der Waals surface area contributed by atoms with Crippen molar-refractivity contribution in [2.24, 2.45) is 5.92 Å². The molecule has 4 rings (SSSR count). The minimum absolute atomic E-state index is 0.0681. The van der Waals surface area contributed by atoms with E-state index in [1.165, 1.54) is 12.1 Å². The first kappa shape index (κ1) is 23.6. The third-order valence-electron chi connectivity index (χ3n) is 5.89. The highest BCUT2D eigenvalue weighted by molar-refractivity contribution is 6.01. The van der Waals surface area contributed by atoms with E-state index < -0.39 is 6.04 Å². The van der Waals surface area contributed by atoms with E-state index in [0.717, 1.165) is 5.56 Å². The number of carbonyl (C=O) groups is 2. The van der Waals surface area contributed by atoms with E-state index in [-0.39, 0.29) is 36.2 Å². The van der Waals surface area contributed by atoms with Crippen molar-refractivity contribution < 1.29 is 18.7 Å². The van der Waals surface area contributed by atoms with Gasteiger partial charge in [0.1, 0.15) is 17.3 Å². The summed E-state index contributed by atoms with van der Waals surface area (Å²) < 4.78 is 20.8. The fraction of sp³-hybridized carbons (Fsp3) is 0.360. The zero-order valence-electron chi connectivity index (χ0n) is 19.4. The minimum atomic E-state index is -0.402. The molecular formula is C25H28FN5O3. The van der Waals surface area contributed by atoms with Crippen LogP contribution in [0.25, 0.3) is 0 Å². The van der Waals surface area contributed by atoms with Crippen molar-refractivity contribution in [2.45, 2.75) is 46.0 Å². The van der Waals surface area contributed by atoms with E-state index >= 15 is 0 Å². The molecule has 0 aliphatic carbocycles. The average Bonchev–Trinajstić information content (AvgIpc) is 3.23. The van der Waals surface area contributed by atoms with Crippen LogP contribution in [-0.4, -0.2) is 33.0 Å². The Bertz CT molecular complexity index is 1160. The maximum atomic E-state index is 13.4. The number of halogens is 1. The number of nitrogens with zero attached hydrogens (tertiary/aromatic N) is 3. The summed E-state index contributed by atoms with van der Waals surface area (Å²) in [4.78, 5) is 34.8. The monoisotopic (exact) mass is 465 g/mol. The predicted octanol–water partition coefficient (Wildman–Crippen LogP) is 3.57. The van der Waals surface area contributed by atoms with E-state index in [0.29, 0.717) is 35.9 Å². The van der Waals surface area contributed by atoms with Crippen molar-refractivity contribution in [1.29, 1.82) is 0 Å². The SMILES string of the molecule is CC(C)[C@@H](NC(=O)c1cc(C(=O)N[C@@H](C)c2ncccn2)n2c1COCC2)c1ccc(F)cc1. The summed E-state index contributed by atoms with van der Waals surface area (Å²) in [6, 6.07) is 8.70. The van der Waals surface area contributed by atoms with Crippen LogP contribution in [-0.2, 0) is 17.9 Å². The number of hydrogen-bond acceptors (Lipinski definition) is 5. The largest absolute Gasteiger partial charge is 0.373 e. The molecule has 2 atom stereocenters. The zero-order valence-corrected chi connectivity index (χ0v) is 19.4. The molecule has 1 aromatic carbocycles. The number of benzene rings is 1. The molecule has 9 heteroatoms. The van der Waals surface area contributed by atoms with Gasteiger partial charge in [-0.3, -0.25) is 9.59 Å². The van der Waals surface area contributed by atoms with Crippen LogP contribution in [0.4, 0.5) is 4.39 Å². The first-order valence-electron chi connectivity index (χ1n) is 11.3. The van der Waals surface area contributed by atoms with Gasteiger partial charge in [-0.1, -0.05) is 26.0 Å². The van der Waals surface area contributed by atoms with Crippen LogP contribution >= 0.6 is 0 Å². The topological polar surface area (TPSA) is 98.1 Å². The molecule has 2 N–H and O–H groups in total. The Morgan fingerprint density at radius 2 is 1.76 bits per heavy atom. The lowest BCUT2D eigenvalue weighted by atomic mass is 9.95. The maximum Gasteiger partial charge on any atom is 0.268 e. The van der Waals surface area contributed by atoms with Crippen molar-refractivity contribution in [3.8, 4) is 0 Å². The van der Waals surface area contributed by atoms with Crippen LogP contribution in [0, 0.1) is 11.7 Å². The maximum absolute atomic E-state index is 13.4. The predicted molar refractivity (Wildman–Crippen MR) is 123 cm³/mol. The fourth-order valence-electron chi connectivity index (χ4n) is 4.10. The minimum Gasteiger partial charge on any atom is -0.373 e. The van der Waals surface area contributed by atoms with Crippen LogP contribution < -0.4 is 10.6 Å². The third-order valence-corrected chi connectivity index (χ3v) is 5.89. The number of carbonyl (C=O) groups excluding carboxylic acids is 2. The Balaban J connectivity index is 1.59. The lowest BCUT2D eigenvalue weighted by molar-refractivity contribution is 0.0772. The second-order valence-electron chi connectivity index (χ2n) is 8.64. The normalized spacial score (nSPS) is 14.9.